The molecule has 92 heavy (non-hydrogen) atoms. The molecule has 2 unspecified atom stereocenters. The predicted octanol–water partition coefficient (Wildman–Crippen LogP) is -1.13. The summed E-state index contributed by atoms with van der Waals surface area (Å²) in [6, 6.07) is 1.92. The molecule has 1 fully saturated rings. The normalized spacial score (nSPS) is 15.8. The molecule has 3 heterocycles. The van der Waals surface area contributed by atoms with Crippen molar-refractivity contribution in [1.29, 1.82) is 0 Å². The first-order valence-corrected chi connectivity index (χ1v) is 33.6. The number of likely N-dealkylation sites (N-methyl/N-ethyl adjacent to an activating group) is 1. The number of hydrogen-bond acceptors (Lipinski definition) is 24. The van der Waals surface area contributed by atoms with Gasteiger partial charge in [-0.3, -0.25) is 57.9 Å². The molecule has 2 aromatic carbocycles. The maximum Gasteiger partial charge on any atom is 0.323 e. The molecule has 0 radical (unpaired) electrons. The van der Waals surface area contributed by atoms with Crippen LogP contribution in [0.1, 0.15) is 46.8 Å². The summed E-state index contributed by atoms with van der Waals surface area (Å²) in [4.78, 5) is 129. The lowest BCUT2D eigenvalue weighted by atomic mass is 10.1. The van der Waals surface area contributed by atoms with Crippen molar-refractivity contribution in [3.63, 3.8) is 0 Å². The van der Waals surface area contributed by atoms with E-state index in [-0.39, 0.29) is 105 Å². The smallest absolute Gasteiger partial charge is 0.323 e. The summed E-state index contributed by atoms with van der Waals surface area (Å²) in [6.45, 7) is 5.28. The highest BCUT2D eigenvalue weighted by Crippen LogP contribution is 2.35. The van der Waals surface area contributed by atoms with Gasteiger partial charge in [0.15, 0.2) is 5.95 Å². The van der Waals surface area contributed by atoms with E-state index >= 15 is 0 Å². The number of benzene rings is 2. The number of carboxylic acid groups (broad SMARTS) is 3. The molecule has 5 rings (SSSR count). The number of aromatic nitrogens is 3. The summed E-state index contributed by atoms with van der Waals surface area (Å²) in [5.74, 6) is -10.4. The van der Waals surface area contributed by atoms with Crippen molar-refractivity contribution < 1.29 is 94.1 Å². The Balaban J connectivity index is 1.10. The highest BCUT2D eigenvalue weighted by molar-refractivity contribution is 8.19. The number of rotatable bonds is 33. The Morgan fingerprint density at radius 1 is 0.696 bits per heavy atom. The second kappa shape index (κ2) is 34.9. The third-order valence-corrected chi connectivity index (χ3v) is 17.6. The number of carbonyl (C=O) groups excluding carboxylic acids is 5. The summed E-state index contributed by atoms with van der Waals surface area (Å²) >= 11 is 0. The number of imidazole rings is 1. The standard InChI is InChI=1S/C54H82N14O21S3/c1-5-65-14-16-67(30-46(71)72)20-18-66(19-21-68(17-15-65)31-47(73)74)29-45(70)61-42(33-91(84,85)86)52(78)62-41(32-90(81,82)83)51(77)56-11-10-55-44(69)7-6-22-89-37-23-34(2)49(35(3)24-37)92(87,88)63-40(53(79)80)27-59-50(76)39-28-64(4)43-25-36(8-9-38(43)48(39)75)26-60-54-57-12-13-58-54/h8-9,12-13,23-25,28,40-42,63,81-86H,5-7,10-11,14-22,26-27,29-33H2,1-4H3,(H,55,69)(H,56,77)(H,59,76)(H,61,70)(H,62,78)(H,71,72)(H,73,74)(H,79,80)(H2,57,58,60)/t40-,41?,42?/m0/s1. The highest BCUT2D eigenvalue weighted by Gasteiger charge is 2.35. The minimum atomic E-state index is -4.57. The Kier molecular flexibility index (Phi) is 28.5. The Morgan fingerprint density at radius 3 is 1.78 bits per heavy atom. The number of anilines is 1. The van der Waals surface area contributed by atoms with Crippen LogP contribution in [-0.2, 0) is 57.2 Å². The molecule has 0 bridgehead atoms. The van der Waals surface area contributed by atoms with E-state index in [2.05, 4.69) is 46.6 Å². The molecule has 1 saturated heterocycles. The van der Waals surface area contributed by atoms with E-state index in [4.69, 9.17) is 4.74 Å². The minimum Gasteiger partial charge on any atom is -0.494 e. The van der Waals surface area contributed by atoms with Gasteiger partial charge in [-0.2, -0.15) is 4.72 Å². The molecule has 4 aromatic rings. The van der Waals surface area contributed by atoms with Crippen molar-refractivity contribution >= 4 is 96.1 Å². The number of H-pyrrole nitrogens is 1. The van der Waals surface area contributed by atoms with Crippen LogP contribution in [0.2, 0.25) is 0 Å². The van der Waals surface area contributed by atoms with Crippen molar-refractivity contribution in [2.75, 3.05) is 122 Å². The van der Waals surface area contributed by atoms with Gasteiger partial charge in [-0.05, 0) is 67.8 Å². The molecule has 0 saturated carbocycles. The average molecular weight is 1360 g/mol. The lowest BCUT2D eigenvalue weighted by molar-refractivity contribution is -0.139. The SMILES string of the molecule is CCN1CCN(CC(=O)O)CCN(CC(=O)NC(CS(O)(O)O)C(=O)NC(CS(O)(O)O)C(=O)NCCNC(=O)CCCOc2cc(C)c(S(=O)(=O)N[C@@H](CNC(=O)c3cn(C)c4cc(CNc5ncc[nH]5)ccc4c3=O)C(=O)O)c(C)c2)CCN(CC(=O)O)CC1. The Hall–Kier alpha value is -7.57. The minimum absolute atomic E-state index is 0.0570. The second-order valence-corrected chi connectivity index (χ2v) is 26.5. The van der Waals surface area contributed by atoms with Crippen LogP contribution >= 0.6 is 21.7 Å². The number of carboxylic acids is 3. The number of ether oxygens (including phenoxy) is 1. The van der Waals surface area contributed by atoms with E-state index < -0.39 is 127 Å². The van der Waals surface area contributed by atoms with Crippen molar-refractivity contribution in [2.24, 2.45) is 7.05 Å². The van der Waals surface area contributed by atoms with Crippen molar-refractivity contribution in [3.8, 4) is 5.75 Å². The number of nitrogens with one attached hydrogen (secondary N) is 8. The van der Waals surface area contributed by atoms with E-state index in [9.17, 15) is 94.2 Å². The zero-order chi connectivity index (χ0) is 68.1. The number of aromatic amines is 1. The molecule has 2 aromatic heterocycles. The molecule has 0 aliphatic carbocycles. The Labute approximate surface area is 532 Å². The van der Waals surface area contributed by atoms with Crippen molar-refractivity contribution in [3.05, 3.63) is 81.4 Å². The van der Waals surface area contributed by atoms with Crippen molar-refractivity contribution in [2.45, 2.75) is 63.2 Å². The molecular formula is C54H82N14O21S3. The zero-order valence-electron chi connectivity index (χ0n) is 51.0. The molecule has 5 amide bonds. The number of aliphatic carboxylic acids is 3. The molecule has 1 aliphatic rings. The topological polar surface area (TPSA) is 510 Å². The van der Waals surface area contributed by atoms with Crippen LogP contribution in [0.3, 0.4) is 0 Å². The fourth-order valence-corrected chi connectivity index (χ4v) is 12.8. The van der Waals surface area contributed by atoms with Crippen molar-refractivity contribution in [1.82, 2.24) is 65.4 Å². The third kappa shape index (κ3) is 25.1. The number of nitrogens with zero attached hydrogens (tertiary/aromatic N) is 6. The third-order valence-electron chi connectivity index (χ3n) is 14.3. The summed E-state index contributed by atoms with van der Waals surface area (Å²) < 4.78 is 96.4. The summed E-state index contributed by atoms with van der Waals surface area (Å²) in [5, 5.41) is 44.0. The van der Waals surface area contributed by atoms with Gasteiger partial charge >= 0.3 is 17.9 Å². The quantitative estimate of drug-likeness (QED) is 0.0251. The first-order valence-electron chi connectivity index (χ1n) is 28.8. The fourth-order valence-electron chi connectivity index (χ4n) is 9.78. The first-order chi connectivity index (χ1) is 43.2. The van der Waals surface area contributed by atoms with E-state index in [1.807, 2.05) is 11.8 Å². The van der Waals surface area contributed by atoms with E-state index in [1.165, 1.54) is 32.2 Å². The van der Waals surface area contributed by atoms with Gasteiger partial charge < -0.3 is 93.7 Å². The largest absolute Gasteiger partial charge is 0.494 e. The van der Waals surface area contributed by atoms with E-state index in [0.717, 1.165) is 5.56 Å². The van der Waals surface area contributed by atoms with Crippen LogP contribution in [0, 0.1) is 13.8 Å². The van der Waals surface area contributed by atoms with Gasteiger partial charge in [0, 0.05) is 116 Å². The van der Waals surface area contributed by atoms with Crippen LogP contribution in [-0.4, -0.2) is 267 Å². The maximum atomic E-state index is 13.7. The molecule has 3 atom stereocenters. The molecule has 38 heteroatoms. The number of carbonyl (C=O) groups is 8. The number of amides is 5. The monoisotopic (exact) mass is 1360 g/mol. The number of hydrogen-bond donors (Lipinski definition) is 17. The molecule has 512 valence electrons. The average Bonchev–Trinajstić information content (AvgIpc) is 0.881. The van der Waals surface area contributed by atoms with Crippen LogP contribution in [0.15, 0.2) is 58.6 Å². The number of aryl methyl sites for hydroxylation is 3. The van der Waals surface area contributed by atoms with Crippen LogP contribution in [0.25, 0.3) is 10.9 Å². The lowest BCUT2D eigenvalue weighted by Gasteiger charge is -2.33. The molecule has 35 nitrogen and oxygen atoms in total. The molecule has 17 N–H and O–H groups in total. The molecule has 1 aliphatic heterocycles. The number of sulfonamides is 1. The molecule has 0 spiro atoms. The fraction of sp³-hybridized carbons (Fsp3) is 0.519. The van der Waals surface area contributed by atoms with Gasteiger partial charge in [-0.15, -0.1) is 0 Å². The number of pyridine rings is 1. The van der Waals surface area contributed by atoms with Gasteiger partial charge in [0.2, 0.25) is 39.1 Å². The van der Waals surface area contributed by atoms with Crippen LogP contribution < -0.4 is 46.8 Å². The lowest BCUT2D eigenvalue weighted by Crippen LogP contribution is -2.58. The Morgan fingerprint density at radius 2 is 1.25 bits per heavy atom. The molecular weight excluding hydrogens is 1280 g/mol. The van der Waals surface area contributed by atoms with Gasteiger partial charge in [0.1, 0.15) is 29.4 Å². The van der Waals surface area contributed by atoms with Crippen LogP contribution in [0.5, 0.6) is 5.75 Å². The predicted molar refractivity (Wildman–Crippen MR) is 337 cm³/mol. The first kappa shape index (κ1) is 75.2. The zero-order valence-corrected chi connectivity index (χ0v) is 53.5. The van der Waals surface area contributed by atoms with Crippen LogP contribution in [0.4, 0.5) is 5.95 Å². The summed E-state index contributed by atoms with van der Waals surface area (Å²) in [6.07, 6.45) is 4.52. The van der Waals surface area contributed by atoms with E-state index in [1.54, 1.807) is 56.9 Å². The summed E-state index contributed by atoms with van der Waals surface area (Å²) in [5.41, 5.74) is 0.687. The van der Waals surface area contributed by atoms with Gasteiger partial charge in [0.25, 0.3) is 5.91 Å². The van der Waals surface area contributed by atoms with Gasteiger partial charge in [0.05, 0.1) is 69.9 Å². The van der Waals surface area contributed by atoms with Gasteiger partial charge in [-0.25, -0.2) is 13.4 Å². The Bertz CT molecular complexity index is 3350. The number of fused-ring (bicyclic) bond motifs is 1. The summed E-state index contributed by atoms with van der Waals surface area (Å²) in [7, 11) is -12.0. The van der Waals surface area contributed by atoms with Gasteiger partial charge in [-0.1, -0.05) is 13.0 Å². The highest BCUT2D eigenvalue weighted by atomic mass is 32.3. The van der Waals surface area contributed by atoms with E-state index in [0.29, 0.717) is 50.7 Å². The maximum absolute atomic E-state index is 13.7. The second-order valence-electron chi connectivity index (χ2n) is 21.7.